The molecule has 154 valence electrons. The number of carbonyl (C=O) groups excluding carboxylic acids is 2. The van der Waals surface area contributed by atoms with Gasteiger partial charge < -0.3 is 27.1 Å². The molecule has 2 amide bonds. The number of guanidine groups is 1. The summed E-state index contributed by atoms with van der Waals surface area (Å²) in [5.41, 5.74) is 13.8. The molecule has 30 heavy (non-hydrogen) atoms. The number of benzene rings is 2. The van der Waals surface area contributed by atoms with Crippen LogP contribution in [0.4, 0.5) is 10.1 Å². The SMILES string of the molecule is NC(N)=NC1Cc2[nH]c3ccccc3c2C1NC(=O)C(=O)Nc1ccc(Cl)c(F)c1. The van der Waals surface area contributed by atoms with E-state index in [0.29, 0.717) is 6.42 Å². The maximum Gasteiger partial charge on any atom is 0.313 e. The van der Waals surface area contributed by atoms with Gasteiger partial charge in [-0.15, -0.1) is 0 Å². The second-order valence-electron chi connectivity index (χ2n) is 6.92. The molecule has 0 radical (unpaired) electrons. The predicted octanol–water partition coefficient (Wildman–Crippen LogP) is 1.95. The Morgan fingerprint density at radius 1 is 1.17 bits per heavy atom. The van der Waals surface area contributed by atoms with Crippen LogP contribution in [0.1, 0.15) is 17.3 Å². The van der Waals surface area contributed by atoms with Crippen molar-refractivity contribution >= 4 is 46.0 Å². The van der Waals surface area contributed by atoms with E-state index in [1.54, 1.807) is 0 Å². The van der Waals surface area contributed by atoms with Gasteiger partial charge in [-0.2, -0.15) is 0 Å². The summed E-state index contributed by atoms with van der Waals surface area (Å²) in [6.07, 6.45) is 0.469. The van der Waals surface area contributed by atoms with Crippen molar-refractivity contribution in [1.82, 2.24) is 10.3 Å². The largest absolute Gasteiger partial charge is 0.370 e. The van der Waals surface area contributed by atoms with Crippen LogP contribution in [0.25, 0.3) is 10.9 Å². The van der Waals surface area contributed by atoms with E-state index in [1.165, 1.54) is 12.1 Å². The third-order valence-corrected chi connectivity index (χ3v) is 5.23. The second-order valence-corrected chi connectivity index (χ2v) is 7.33. The number of nitrogens with zero attached hydrogens (tertiary/aromatic N) is 1. The summed E-state index contributed by atoms with van der Waals surface area (Å²) >= 11 is 5.63. The van der Waals surface area contributed by atoms with Crippen molar-refractivity contribution in [2.24, 2.45) is 16.5 Å². The van der Waals surface area contributed by atoms with Crippen molar-refractivity contribution < 1.29 is 14.0 Å². The summed E-state index contributed by atoms with van der Waals surface area (Å²) in [5, 5.41) is 5.88. The molecule has 7 N–H and O–H groups in total. The van der Waals surface area contributed by atoms with Gasteiger partial charge in [0.05, 0.1) is 17.1 Å². The first-order valence-electron chi connectivity index (χ1n) is 9.08. The number of halogens is 2. The Bertz CT molecular complexity index is 1190. The van der Waals surface area contributed by atoms with Gasteiger partial charge in [-0.1, -0.05) is 29.8 Å². The maximum atomic E-state index is 13.6. The van der Waals surface area contributed by atoms with Gasteiger partial charge in [0.15, 0.2) is 5.96 Å². The fourth-order valence-corrected chi connectivity index (χ4v) is 3.82. The zero-order chi connectivity index (χ0) is 21.4. The molecule has 2 unspecified atom stereocenters. The smallest absolute Gasteiger partial charge is 0.313 e. The molecule has 2 atom stereocenters. The molecule has 2 aromatic carbocycles. The van der Waals surface area contributed by atoms with E-state index in [1.807, 2.05) is 24.3 Å². The van der Waals surface area contributed by atoms with Gasteiger partial charge in [0.1, 0.15) is 5.82 Å². The normalized spacial score (nSPS) is 17.4. The van der Waals surface area contributed by atoms with Crippen LogP contribution in [0, 0.1) is 5.82 Å². The molecule has 0 aliphatic heterocycles. The van der Waals surface area contributed by atoms with Crippen molar-refractivity contribution in [2.75, 3.05) is 5.32 Å². The first kappa shape index (κ1) is 19.7. The quantitative estimate of drug-likeness (QED) is 0.247. The molecule has 3 aromatic rings. The molecule has 0 saturated heterocycles. The highest BCUT2D eigenvalue weighted by Crippen LogP contribution is 2.38. The number of aliphatic imine (C=N–C) groups is 1. The average molecular weight is 429 g/mol. The average Bonchev–Trinajstić information content (AvgIpc) is 3.20. The first-order chi connectivity index (χ1) is 14.3. The number of hydrogen-bond donors (Lipinski definition) is 5. The fourth-order valence-electron chi connectivity index (χ4n) is 3.70. The standard InChI is InChI=1S/C20H18ClFN6O2/c21-11-6-5-9(7-12(11)22)25-18(29)19(30)28-17-15(27-20(23)24)8-14-16(17)10-3-1-2-4-13(10)26-14/h1-7,15,17,26H,8H2,(H,25,29)(H,28,30)(H4,23,24,27). The van der Waals surface area contributed by atoms with Gasteiger partial charge >= 0.3 is 11.8 Å². The zero-order valence-corrected chi connectivity index (χ0v) is 16.3. The van der Waals surface area contributed by atoms with E-state index in [9.17, 15) is 14.0 Å². The van der Waals surface area contributed by atoms with Gasteiger partial charge in [-0.05, 0) is 24.3 Å². The molecule has 1 heterocycles. The Morgan fingerprint density at radius 3 is 2.67 bits per heavy atom. The van der Waals surface area contributed by atoms with Crippen LogP contribution in [0.15, 0.2) is 47.5 Å². The highest BCUT2D eigenvalue weighted by Gasteiger charge is 2.37. The Kier molecular flexibility index (Phi) is 5.04. The summed E-state index contributed by atoms with van der Waals surface area (Å²) in [5.74, 6) is -2.67. The van der Waals surface area contributed by atoms with Crippen molar-refractivity contribution in [2.45, 2.75) is 18.5 Å². The van der Waals surface area contributed by atoms with Crippen molar-refractivity contribution in [1.29, 1.82) is 0 Å². The lowest BCUT2D eigenvalue weighted by atomic mass is 10.0. The third kappa shape index (κ3) is 3.67. The van der Waals surface area contributed by atoms with Crippen LogP contribution in [-0.2, 0) is 16.0 Å². The minimum Gasteiger partial charge on any atom is -0.370 e. The molecular weight excluding hydrogens is 411 g/mol. The molecule has 0 spiro atoms. The molecule has 0 saturated carbocycles. The Hall–Kier alpha value is -3.59. The Morgan fingerprint density at radius 2 is 1.93 bits per heavy atom. The lowest BCUT2D eigenvalue weighted by molar-refractivity contribution is -0.136. The number of fused-ring (bicyclic) bond motifs is 3. The number of carbonyl (C=O) groups is 2. The number of hydrogen-bond acceptors (Lipinski definition) is 3. The Labute approximate surface area is 175 Å². The van der Waals surface area contributed by atoms with Crippen LogP contribution < -0.4 is 22.1 Å². The maximum absolute atomic E-state index is 13.6. The molecule has 4 rings (SSSR count). The van der Waals surface area contributed by atoms with Crippen molar-refractivity contribution in [3.05, 3.63) is 64.6 Å². The van der Waals surface area contributed by atoms with E-state index >= 15 is 0 Å². The number of rotatable bonds is 3. The second kappa shape index (κ2) is 7.68. The summed E-state index contributed by atoms with van der Waals surface area (Å²) in [7, 11) is 0. The summed E-state index contributed by atoms with van der Waals surface area (Å²) in [6, 6.07) is 10.2. The van der Waals surface area contributed by atoms with Gasteiger partial charge in [0, 0.05) is 34.3 Å². The molecule has 0 bridgehead atoms. The van der Waals surface area contributed by atoms with Gasteiger partial charge in [0.2, 0.25) is 0 Å². The van der Waals surface area contributed by atoms with E-state index in [4.69, 9.17) is 23.1 Å². The number of nitrogens with one attached hydrogen (secondary N) is 3. The molecule has 1 aliphatic rings. The molecule has 10 heteroatoms. The molecule has 8 nitrogen and oxygen atoms in total. The minimum atomic E-state index is -0.950. The number of aromatic nitrogens is 1. The van der Waals surface area contributed by atoms with Gasteiger partial charge in [-0.25, -0.2) is 9.38 Å². The van der Waals surface area contributed by atoms with E-state index in [2.05, 4.69) is 20.6 Å². The van der Waals surface area contributed by atoms with Gasteiger partial charge in [0.25, 0.3) is 0 Å². The zero-order valence-electron chi connectivity index (χ0n) is 15.6. The third-order valence-electron chi connectivity index (χ3n) is 4.92. The van der Waals surface area contributed by atoms with Crippen LogP contribution in [0.3, 0.4) is 0 Å². The summed E-state index contributed by atoms with van der Waals surface area (Å²) < 4.78 is 13.6. The number of nitrogens with two attached hydrogens (primary N) is 2. The number of para-hydroxylation sites is 1. The summed E-state index contributed by atoms with van der Waals surface area (Å²) in [4.78, 5) is 32.5. The number of anilines is 1. The number of H-pyrrole nitrogens is 1. The highest BCUT2D eigenvalue weighted by atomic mass is 35.5. The highest BCUT2D eigenvalue weighted by molar-refractivity contribution is 6.39. The van der Waals surface area contributed by atoms with E-state index in [0.717, 1.165) is 28.2 Å². The monoisotopic (exact) mass is 428 g/mol. The predicted molar refractivity (Wildman–Crippen MR) is 113 cm³/mol. The number of aromatic amines is 1. The lowest BCUT2D eigenvalue weighted by Gasteiger charge is -2.19. The molecule has 0 fully saturated rings. The fraction of sp³-hybridized carbons (Fsp3) is 0.150. The van der Waals surface area contributed by atoms with Crippen LogP contribution in [0.5, 0.6) is 0 Å². The summed E-state index contributed by atoms with van der Waals surface area (Å²) in [6.45, 7) is 0. The first-order valence-corrected chi connectivity index (χ1v) is 9.46. The Balaban J connectivity index is 1.59. The van der Waals surface area contributed by atoms with Crippen molar-refractivity contribution in [3.8, 4) is 0 Å². The van der Waals surface area contributed by atoms with E-state index < -0.39 is 29.7 Å². The minimum absolute atomic E-state index is 0.0876. The van der Waals surface area contributed by atoms with E-state index in [-0.39, 0.29) is 16.7 Å². The van der Waals surface area contributed by atoms with Crippen LogP contribution in [0.2, 0.25) is 5.02 Å². The number of amides is 2. The lowest BCUT2D eigenvalue weighted by Crippen LogP contribution is -2.41. The molecular formula is C20H18ClFN6O2. The van der Waals surface area contributed by atoms with Crippen LogP contribution in [-0.4, -0.2) is 28.8 Å². The van der Waals surface area contributed by atoms with Crippen LogP contribution >= 0.6 is 11.6 Å². The van der Waals surface area contributed by atoms with Crippen molar-refractivity contribution in [3.63, 3.8) is 0 Å². The van der Waals surface area contributed by atoms with Gasteiger partial charge in [-0.3, -0.25) is 9.59 Å². The topological polar surface area (TPSA) is 138 Å². The molecule has 1 aromatic heterocycles. The molecule has 1 aliphatic carbocycles.